The van der Waals surface area contributed by atoms with Crippen molar-refractivity contribution >= 4 is 10.0 Å². The van der Waals surface area contributed by atoms with Gasteiger partial charge in [-0.1, -0.05) is 25.8 Å². The number of benzene rings is 1. The van der Waals surface area contributed by atoms with Gasteiger partial charge in [0.25, 0.3) is 0 Å². The second-order valence-electron chi connectivity index (χ2n) is 5.09. The van der Waals surface area contributed by atoms with E-state index in [4.69, 9.17) is 0 Å². The van der Waals surface area contributed by atoms with E-state index >= 15 is 0 Å². The molecule has 1 saturated carbocycles. The van der Waals surface area contributed by atoms with Gasteiger partial charge in [0.1, 0.15) is 5.75 Å². The predicted octanol–water partition coefficient (Wildman–Crippen LogP) is 2.25. The van der Waals surface area contributed by atoms with Crippen LogP contribution < -0.4 is 4.72 Å². The van der Waals surface area contributed by atoms with Gasteiger partial charge in [-0.05, 0) is 37.0 Å². The molecule has 4 nitrogen and oxygen atoms in total. The molecule has 1 fully saturated rings. The van der Waals surface area contributed by atoms with Gasteiger partial charge in [-0.25, -0.2) is 13.1 Å². The van der Waals surface area contributed by atoms with Gasteiger partial charge in [0.15, 0.2) is 0 Å². The van der Waals surface area contributed by atoms with Crippen molar-refractivity contribution in [1.82, 2.24) is 4.72 Å². The third-order valence-corrected chi connectivity index (χ3v) is 4.90. The molecule has 1 aromatic carbocycles. The minimum Gasteiger partial charge on any atom is -0.508 e. The lowest BCUT2D eigenvalue weighted by atomic mass is 9.88. The van der Waals surface area contributed by atoms with E-state index in [-0.39, 0.29) is 16.7 Å². The van der Waals surface area contributed by atoms with Crippen molar-refractivity contribution in [1.29, 1.82) is 0 Å². The maximum atomic E-state index is 12.1. The van der Waals surface area contributed by atoms with Crippen LogP contribution in [0.3, 0.4) is 0 Å². The molecule has 0 aliphatic heterocycles. The van der Waals surface area contributed by atoms with E-state index in [0.29, 0.717) is 5.92 Å². The predicted molar refractivity (Wildman–Crippen MR) is 69.8 cm³/mol. The van der Waals surface area contributed by atoms with Gasteiger partial charge in [0.05, 0.1) is 4.90 Å². The van der Waals surface area contributed by atoms with Crippen LogP contribution in [0.1, 0.15) is 32.6 Å². The minimum absolute atomic E-state index is 0.0149. The minimum atomic E-state index is -3.52. The van der Waals surface area contributed by atoms with Crippen molar-refractivity contribution in [3.05, 3.63) is 24.3 Å². The van der Waals surface area contributed by atoms with Crippen molar-refractivity contribution in [3.63, 3.8) is 0 Å². The molecule has 2 N–H and O–H groups in total. The molecule has 0 spiro atoms. The Balaban J connectivity index is 2.12. The zero-order chi connectivity index (χ0) is 13.2. The molecule has 1 aliphatic rings. The van der Waals surface area contributed by atoms with E-state index in [0.717, 1.165) is 19.3 Å². The van der Waals surface area contributed by atoms with Crippen LogP contribution in [0.4, 0.5) is 0 Å². The third-order valence-electron chi connectivity index (χ3n) is 3.39. The van der Waals surface area contributed by atoms with Crippen LogP contribution in [0.5, 0.6) is 5.75 Å². The Hall–Kier alpha value is -1.07. The van der Waals surface area contributed by atoms with Crippen LogP contribution in [-0.4, -0.2) is 19.6 Å². The standard InChI is InChI=1S/C13H19NO3S/c1-10-4-2-5-11(8-10)14-18(16,17)13-7-3-6-12(15)9-13/h3,6-7,9-11,14-15H,2,4-5,8H2,1H3. The van der Waals surface area contributed by atoms with Crippen LogP contribution in [0, 0.1) is 5.92 Å². The van der Waals surface area contributed by atoms with Gasteiger partial charge < -0.3 is 5.11 Å². The largest absolute Gasteiger partial charge is 0.508 e. The van der Waals surface area contributed by atoms with E-state index in [1.54, 1.807) is 0 Å². The summed E-state index contributed by atoms with van der Waals surface area (Å²) in [7, 11) is -3.52. The number of phenolic OH excluding ortho intramolecular Hbond substituents is 1. The van der Waals surface area contributed by atoms with Crippen molar-refractivity contribution in [2.24, 2.45) is 5.92 Å². The molecule has 1 aliphatic carbocycles. The summed E-state index contributed by atoms with van der Waals surface area (Å²) in [6.45, 7) is 2.15. The molecule has 2 rings (SSSR count). The Kier molecular flexibility index (Phi) is 3.92. The second-order valence-corrected chi connectivity index (χ2v) is 6.80. The van der Waals surface area contributed by atoms with Gasteiger partial charge in [-0.15, -0.1) is 0 Å². The lowest BCUT2D eigenvalue weighted by molar-refractivity contribution is 0.327. The lowest BCUT2D eigenvalue weighted by Crippen LogP contribution is -2.37. The molecular weight excluding hydrogens is 250 g/mol. The number of aromatic hydroxyl groups is 1. The summed E-state index contributed by atoms with van der Waals surface area (Å²) in [5.41, 5.74) is 0. The molecule has 0 saturated heterocycles. The van der Waals surface area contributed by atoms with Crippen LogP contribution in [0.15, 0.2) is 29.2 Å². The number of rotatable bonds is 3. The van der Waals surface area contributed by atoms with Gasteiger partial charge in [0.2, 0.25) is 10.0 Å². The zero-order valence-corrected chi connectivity index (χ0v) is 11.3. The van der Waals surface area contributed by atoms with E-state index in [1.165, 1.54) is 30.7 Å². The Labute approximate surface area is 108 Å². The molecule has 0 radical (unpaired) electrons. The lowest BCUT2D eigenvalue weighted by Gasteiger charge is -2.27. The van der Waals surface area contributed by atoms with Crippen molar-refractivity contribution in [3.8, 4) is 5.75 Å². The smallest absolute Gasteiger partial charge is 0.240 e. The highest BCUT2D eigenvalue weighted by molar-refractivity contribution is 7.89. The molecule has 0 bridgehead atoms. The summed E-state index contributed by atoms with van der Waals surface area (Å²) in [5, 5.41) is 9.33. The Morgan fingerprint density at radius 2 is 2.11 bits per heavy atom. The summed E-state index contributed by atoms with van der Waals surface area (Å²) >= 11 is 0. The Bertz CT molecular complexity index is 513. The number of phenols is 1. The van der Waals surface area contributed by atoms with E-state index in [9.17, 15) is 13.5 Å². The zero-order valence-electron chi connectivity index (χ0n) is 10.5. The topological polar surface area (TPSA) is 66.4 Å². The average molecular weight is 269 g/mol. The number of sulfonamides is 1. The highest BCUT2D eigenvalue weighted by atomic mass is 32.2. The van der Waals surface area contributed by atoms with Crippen LogP contribution in [0.2, 0.25) is 0 Å². The summed E-state index contributed by atoms with van der Waals surface area (Å²) < 4.78 is 27.0. The summed E-state index contributed by atoms with van der Waals surface area (Å²) in [4.78, 5) is 0.126. The highest BCUT2D eigenvalue weighted by Crippen LogP contribution is 2.25. The summed E-state index contributed by atoms with van der Waals surface area (Å²) in [6.07, 6.45) is 4.01. The molecule has 5 heteroatoms. The number of nitrogens with one attached hydrogen (secondary N) is 1. The first kappa shape index (κ1) is 13.4. The van der Waals surface area contributed by atoms with Crippen molar-refractivity contribution in [2.75, 3.05) is 0 Å². The summed E-state index contributed by atoms with van der Waals surface area (Å²) in [6, 6.07) is 5.78. The van der Waals surface area contributed by atoms with Gasteiger partial charge in [-0.2, -0.15) is 0 Å². The molecular formula is C13H19NO3S. The van der Waals surface area contributed by atoms with E-state index in [1.807, 2.05) is 0 Å². The molecule has 100 valence electrons. The SMILES string of the molecule is CC1CCCC(NS(=O)(=O)c2cccc(O)c2)C1. The fourth-order valence-corrected chi connectivity index (χ4v) is 3.80. The molecule has 0 aromatic heterocycles. The first-order valence-corrected chi connectivity index (χ1v) is 7.77. The van der Waals surface area contributed by atoms with Crippen LogP contribution in [-0.2, 0) is 10.0 Å². The van der Waals surface area contributed by atoms with Crippen LogP contribution in [0.25, 0.3) is 0 Å². The highest BCUT2D eigenvalue weighted by Gasteiger charge is 2.24. The van der Waals surface area contributed by atoms with E-state index in [2.05, 4.69) is 11.6 Å². The number of hydrogen-bond donors (Lipinski definition) is 2. The van der Waals surface area contributed by atoms with Gasteiger partial charge in [-0.3, -0.25) is 0 Å². The number of hydrogen-bond acceptors (Lipinski definition) is 3. The van der Waals surface area contributed by atoms with Crippen molar-refractivity contribution < 1.29 is 13.5 Å². The maximum absolute atomic E-state index is 12.1. The van der Waals surface area contributed by atoms with Crippen LogP contribution >= 0.6 is 0 Å². The van der Waals surface area contributed by atoms with E-state index < -0.39 is 10.0 Å². The molecule has 18 heavy (non-hydrogen) atoms. The fourth-order valence-electron chi connectivity index (χ4n) is 2.48. The molecule has 0 amide bonds. The van der Waals surface area contributed by atoms with Gasteiger partial charge in [0, 0.05) is 6.04 Å². The maximum Gasteiger partial charge on any atom is 0.240 e. The molecule has 2 unspecified atom stereocenters. The van der Waals surface area contributed by atoms with Gasteiger partial charge >= 0.3 is 0 Å². The monoisotopic (exact) mass is 269 g/mol. The average Bonchev–Trinajstić information content (AvgIpc) is 2.28. The first-order chi connectivity index (χ1) is 8.47. The third kappa shape index (κ3) is 3.23. The second kappa shape index (κ2) is 5.28. The molecule has 2 atom stereocenters. The summed E-state index contributed by atoms with van der Waals surface area (Å²) in [5.74, 6) is 0.533. The quantitative estimate of drug-likeness (QED) is 0.884. The Morgan fingerprint density at radius 3 is 2.78 bits per heavy atom. The molecule has 1 aromatic rings. The fraction of sp³-hybridized carbons (Fsp3) is 0.538. The Morgan fingerprint density at radius 1 is 1.33 bits per heavy atom. The van der Waals surface area contributed by atoms with Crippen molar-refractivity contribution in [2.45, 2.75) is 43.5 Å². The first-order valence-electron chi connectivity index (χ1n) is 6.29. The normalized spacial score (nSPS) is 24.9. The molecule has 0 heterocycles.